The number of benzene rings is 2. The van der Waals surface area contributed by atoms with Crippen molar-refractivity contribution in [2.24, 2.45) is 0 Å². The molecular weight excluding hydrogens is 482 g/mol. The maximum atomic E-state index is 5.80. The molecule has 1 aliphatic rings. The molecule has 0 saturated carbocycles. The van der Waals surface area contributed by atoms with Gasteiger partial charge < -0.3 is 29.3 Å². The molecule has 1 saturated heterocycles. The number of hydrogen-bond acceptors (Lipinski definition) is 9. The Morgan fingerprint density at radius 3 is 2.32 bits per heavy atom. The van der Waals surface area contributed by atoms with Crippen molar-refractivity contribution in [2.75, 3.05) is 64.3 Å². The number of fused-ring (bicyclic) bond motifs is 1. The van der Waals surface area contributed by atoms with Gasteiger partial charge in [0.2, 0.25) is 0 Å². The molecule has 10 nitrogen and oxygen atoms in total. The van der Waals surface area contributed by atoms with E-state index >= 15 is 0 Å². The van der Waals surface area contributed by atoms with Crippen LogP contribution in [-0.4, -0.2) is 79.1 Å². The number of aromatic nitrogens is 4. The lowest BCUT2D eigenvalue weighted by Crippen LogP contribution is -2.46. The van der Waals surface area contributed by atoms with Crippen molar-refractivity contribution in [3.8, 4) is 17.2 Å². The number of anilines is 3. The van der Waals surface area contributed by atoms with Crippen molar-refractivity contribution in [1.29, 1.82) is 0 Å². The minimum atomic E-state index is 0.686. The molecule has 0 atom stereocenters. The fraction of sp³-hybridized carbons (Fsp3) is 0.393. The average molecular weight is 518 g/mol. The maximum Gasteiger partial charge on any atom is 0.153 e. The number of aryl methyl sites for hydroxylation is 2. The van der Waals surface area contributed by atoms with Gasteiger partial charge in [0.1, 0.15) is 29.4 Å². The van der Waals surface area contributed by atoms with Crippen molar-refractivity contribution < 1.29 is 14.2 Å². The summed E-state index contributed by atoms with van der Waals surface area (Å²) in [6.45, 7) is 7.30. The minimum absolute atomic E-state index is 0.686. The highest BCUT2D eigenvalue weighted by molar-refractivity contribution is 5.94. The van der Waals surface area contributed by atoms with Crippen molar-refractivity contribution in [2.45, 2.75) is 19.8 Å². The molecule has 0 unspecified atom stereocenters. The van der Waals surface area contributed by atoms with E-state index in [1.807, 2.05) is 30.3 Å². The highest BCUT2D eigenvalue weighted by Crippen LogP contribution is 2.35. The zero-order valence-corrected chi connectivity index (χ0v) is 22.5. The Labute approximate surface area is 222 Å². The zero-order chi connectivity index (χ0) is 26.5. The molecule has 0 radical (unpaired) electrons. The quantitative estimate of drug-likeness (QED) is 0.323. The Morgan fingerprint density at radius 2 is 1.63 bits per heavy atom. The van der Waals surface area contributed by atoms with Gasteiger partial charge in [-0.15, -0.1) is 0 Å². The average Bonchev–Trinajstić information content (AvgIpc) is 3.42. The van der Waals surface area contributed by atoms with Crippen LogP contribution in [0.15, 0.2) is 42.7 Å². The summed E-state index contributed by atoms with van der Waals surface area (Å²) in [5.41, 5.74) is 4.07. The molecule has 1 aliphatic heterocycles. The fourth-order valence-corrected chi connectivity index (χ4v) is 4.85. The van der Waals surface area contributed by atoms with E-state index in [2.05, 4.69) is 48.3 Å². The molecule has 5 rings (SSSR count). The van der Waals surface area contributed by atoms with E-state index in [4.69, 9.17) is 14.2 Å². The summed E-state index contributed by atoms with van der Waals surface area (Å²) < 4.78 is 16.6. The Hall–Kier alpha value is -4.05. The largest absolute Gasteiger partial charge is 0.497 e. The standard InChI is InChI=1S/C28H35N7O3/c1-5-34-8-10-35(11-9-34)25-17-24-23(16-26(25)38-4)28(30-18-29-24)31-27-14-20(32-33-27)7-6-19-12-21(36-2)15-22(13-19)37-3/h12-18H,5-11H2,1-4H3,(H2,29,30,31,32,33). The summed E-state index contributed by atoms with van der Waals surface area (Å²) in [7, 11) is 5.03. The van der Waals surface area contributed by atoms with Crippen LogP contribution in [0.5, 0.6) is 17.2 Å². The molecule has 10 heteroatoms. The van der Waals surface area contributed by atoms with Crippen molar-refractivity contribution >= 4 is 28.2 Å². The highest BCUT2D eigenvalue weighted by atomic mass is 16.5. The summed E-state index contributed by atoms with van der Waals surface area (Å²) in [6, 6.07) is 12.0. The zero-order valence-electron chi connectivity index (χ0n) is 22.5. The number of rotatable bonds is 10. The summed E-state index contributed by atoms with van der Waals surface area (Å²) in [5, 5.41) is 11.8. The summed E-state index contributed by atoms with van der Waals surface area (Å²) in [5.74, 6) is 3.76. The van der Waals surface area contributed by atoms with Gasteiger partial charge in [0, 0.05) is 49.4 Å². The van der Waals surface area contributed by atoms with Gasteiger partial charge in [-0.3, -0.25) is 5.10 Å². The van der Waals surface area contributed by atoms with Crippen LogP contribution in [-0.2, 0) is 12.8 Å². The Kier molecular flexibility index (Phi) is 7.78. The number of nitrogens with one attached hydrogen (secondary N) is 2. The van der Waals surface area contributed by atoms with E-state index in [0.717, 1.165) is 90.7 Å². The first-order chi connectivity index (χ1) is 18.6. The molecule has 2 aromatic carbocycles. The second kappa shape index (κ2) is 11.6. The van der Waals surface area contributed by atoms with Gasteiger partial charge in [0.25, 0.3) is 0 Å². The number of piperazine rings is 1. The van der Waals surface area contributed by atoms with E-state index < -0.39 is 0 Å². The molecule has 2 aromatic heterocycles. The maximum absolute atomic E-state index is 5.80. The van der Waals surface area contributed by atoms with Crippen molar-refractivity contribution in [1.82, 2.24) is 25.1 Å². The minimum Gasteiger partial charge on any atom is -0.497 e. The molecule has 2 N–H and O–H groups in total. The molecule has 200 valence electrons. The third-order valence-electron chi connectivity index (χ3n) is 7.07. The summed E-state index contributed by atoms with van der Waals surface area (Å²) in [6.07, 6.45) is 3.19. The van der Waals surface area contributed by atoms with Crippen LogP contribution in [0, 0.1) is 0 Å². The lowest BCUT2D eigenvalue weighted by molar-refractivity contribution is 0.270. The van der Waals surface area contributed by atoms with Crippen LogP contribution < -0.4 is 24.4 Å². The van der Waals surface area contributed by atoms with Crippen LogP contribution in [0.4, 0.5) is 17.3 Å². The van der Waals surface area contributed by atoms with Gasteiger partial charge in [-0.1, -0.05) is 6.92 Å². The van der Waals surface area contributed by atoms with E-state index in [0.29, 0.717) is 11.6 Å². The van der Waals surface area contributed by atoms with Crippen LogP contribution >= 0.6 is 0 Å². The van der Waals surface area contributed by atoms with E-state index in [1.165, 1.54) is 0 Å². The number of nitrogens with zero attached hydrogens (tertiary/aromatic N) is 5. The van der Waals surface area contributed by atoms with Gasteiger partial charge in [0.15, 0.2) is 5.82 Å². The topological polar surface area (TPSA) is 101 Å². The monoisotopic (exact) mass is 517 g/mol. The van der Waals surface area contributed by atoms with E-state index in [9.17, 15) is 0 Å². The SMILES string of the molecule is CCN1CCN(c2cc3ncnc(Nc4cc(CCc5cc(OC)cc(OC)c5)[nH]n4)c3cc2OC)CC1. The predicted octanol–water partition coefficient (Wildman–Crippen LogP) is 4.05. The van der Waals surface area contributed by atoms with Crippen LogP contribution in [0.1, 0.15) is 18.2 Å². The third-order valence-corrected chi connectivity index (χ3v) is 7.07. The Bertz CT molecular complexity index is 1360. The smallest absolute Gasteiger partial charge is 0.153 e. The first-order valence-electron chi connectivity index (χ1n) is 12.9. The first kappa shape index (κ1) is 25.6. The number of H-pyrrole nitrogens is 1. The van der Waals surface area contributed by atoms with E-state index in [-0.39, 0.29) is 0 Å². The highest BCUT2D eigenvalue weighted by Gasteiger charge is 2.20. The van der Waals surface area contributed by atoms with Crippen molar-refractivity contribution in [3.05, 3.63) is 54.0 Å². The lowest BCUT2D eigenvalue weighted by atomic mass is 10.1. The summed E-state index contributed by atoms with van der Waals surface area (Å²) >= 11 is 0. The Morgan fingerprint density at radius 1 is 0.868 bits per heavy atom. The van der Waals surface area contributed by atoms with E-state index in [1.54, 1.807) is 27.7 Å². The number of likely N-dealkylation sites (N-methyl/N-ethyl adjacent to an activating group) is 1. The van der Waals surface area contributed by atoms with Gasteiger partial charge in [0.05, 0.1) is 32.5 Å². The number of methoxy groups -OCH3 is 3. The first-order valence-corrected chi connectivity index (χ1v) is 12.9. The number of aromatic amines is 1. The molecule has 4 aromatic rings. The van der Waals surface area contributed by atoms with Gasteiger partial charge >= 0.3 is 0 Å². The van der Waals surface area contributed by atoms with Gasteiger partial charge in [-0.2, -0.15) is 5.10 Å². The fourth-order valence-electron chi connectivity index (χ4n) is 4.85. The molecule has 3 heterocycles. The van der Waals surface area contributed by atoms with Crippen LogP contribution in [0.2, 0.25) is 0 Å². The molecule has 38 heavy (non-hydrogen) atoms. The van der Waals surface area contributed by atoms with Crippen molar-refractivity contribution in [3.63, 3.8) is 0 Å². The molecule has 0 amide bonds. The number of hydrogen-bond donors (Lipinski definition) is 2. The molecular formula is C28H35N7O3. The van der Waals surface area contributed by atoms with Crippen LogP contribution in [0.25, 0.3) is 10.9 Å². The number of ether oxygens (including phenoxy) is 3. The second-order valence-corrected chi connectivity index (χ2v) is 9.31. The normalized spacial score (nSPS) is 14.1. The lowest BCUT2D eigenvalue weighted by Gasteiger charge is -2.36. The molecule has 1 fully saturated rings. The van der Waals surface area contributed by atoms with Crippen LogP contribution in [0.3, 0.4) is 0 Å². The second-order valence-electron chi connectivity index (χ2n) is 9.31. The Balaban J connectivity index is 1.32. The van der Waals surface area contributed by atoms with Gasteiger partial charge in [-0.25, -0.2) is 9.97 Å². The molecule has 0 aliphatic carbocycles. The molecule has 0 bridgehead atoms. The predicted molar refractivity (Wildman–Crippen MR) is 149 cm³/mol. The third kappa shape index (κ3) is 5.60. The summed E-state index contributed by atoms with van der Waals surface area (Å²) in [4.78, 5) is 13.9. The molecule has 0 spiro atoms. The van der Waals surface area contributed by atoms with Gasteiger partial charge in [-0.05, 0) is 49.2 Å².